The Morgan fingerprint density at radius 3 is 2.33 bits per heavy atom. The molecule has 0 fully saturated rings. The molecular weight excluding hydrogens is 494 g/mol. The van der Waals surface area contributed by atoms with Crippen molar-refractivity contribution in [2.24, 2.45) is 0 Å². The molecule has 0 saturated heterocycles. The molecule has 0 aliphatic rings. The van der Waals surface area contributed by atoms with Crippen molar-refractivity contribution < 1.29 is 0 Å². The second kappa shape index (κ2) is 5.61. The van der Waals surface area contributed by atoms with Gasteiger partial charge >= 0.3 is 0 Å². The van der Waals surface area contributed by atoms with E-state index in [4.69, 9.17) is 5.26 Å². The molecule has 2 aromatic rings. The van der Waals surface area contributed by atoms with Gasteiger partial charge in [0.25, 0.3) is 0 Å². The van der Waals surface area contributed by atoms with Crippen LogP contribution in [-0.2, 0) is 6.54 Å². The van der Waals surface area contributed by atoms with Crippen LogP contribution >= 0.6 is 63.7 Å². The molecule has 0 amide bonds. The van der Waals surface area contributed by atoms with Crippen molar-refractivity contribution in [3.05, 3.63) is 23.7 Å². The summed E-state index contributed by atoms with van der Waals surface area (Å²) >= 11 is 14.2. The maximum Gasteiger partial charge on any atom is 0.106 e. The van der Waals surface area contributed by atoms with Crippen LogP contribution in [0.4, 0.5) is 0 Å². The summed E-state index contributed by atoms with van der Waals surface area (Å²) in [4.78, 5) is 4.55. The van der Waals surface area contributed by atoms with Gasteiger partial charge in [0.15, 0.2) is 0 Å². The van der Waals surface area contributed by atoms with E-state index in [-0.39, 0.29) is 0 Å². The Labute approximate surface area is 138 Å². The normalized spacial score (nSPS) is 10.9. The van der Waals surface area contributed by atoms with Crippen molar-refractivity contribution in [3.8, 4) is 6.07 Å². The first-order chi connectivity index (χ1) is 8.49. The number of nitrogens with zero attached hydrogens (tertiary/aromatic N) is 3. The number of aromatic nitrogens is 2. The molecule has 18 heavy (non-hydrogen) atoms. The monoisotopic (exact) mass is 497 g/mol. The van der Waals surface area contributed by atoms with Crippen molar-refractivity contribution in [1.29, 1.82) is 5.26 Å². The molecule has 2 rings (SSSR count). The standard InChI is InChI=1S/C11H7Br4N3/c1-5-17-10-8(14)6(12)7(13)9(15)11(10)18(5)4-2-3-16/h2,4H2,1H3. The summed E-state index contributed by atoms with van der Waals surface area (Å²) in [5, 5.41) is 8.73. The molecular formula is C11H7Br4N3. The number of imidazole rings is 1. The Morgan fingerprint density at radius 2 is 1.72 bits per heavy atom. The van der Waals surface area contributed by atoms with Gasteiger partial charge in [0.1, 0.15) is 11.3 Å². The van der Waals surface area contributed by atoms with E-state index in [0.29, 0.717) is 13.0 Å². The maximum absolute atomic E-state index is 8.73. The first-order valence-electron chi connectivity index (χ1n) is 5.04. The van der Waals surface area contributed by atoms with Crippen LogP contribution in [0.3, 0.4) is 0 Å². The molecule has 0 atom stereocenters. The zero-order valence-electron chi connectivity index (χ0n) is 9.27. The van der Waals surface area contributed by atoms with E-state index in [1.807, 2.05) is 11.5 Å². The van der Waals surface area contributed by atoms with E-state index < -0.39 is 0 Å². The molecule has 1 aromatic heterocycles. The van der Waals surface area contributed by atoms with Crippen molar-refractivity contribution in [3.63, 3.8) is 0 Å². The topological polar surface area (TPSA) is 41.6 Å². The first kappa shape index (κ1) is 14.5. The van der Waals surface area contributed by atoms with Crippen molar-refractivity contribution in [2.75, 3.05) is 0 Å². The number of aryl methyl sites for hydroxylation is 2. The highest BCUT2D eigenvalue weighted by molar-refractivity contribution is 9.15. The fourth-order valence-corrected chi connectivity index (χ4v) is 4.16. The second-order valence-corrected chi connectivity index (χ2v) is 6.84. The molecule has 0 N–H and O–H groups in total. The van der Waals surface area contributed by atoms with E-state index in [0.717, 1.165) is 34.7 Å². The summed E-state index contributed by atoms with van der Waals surface area (Å²) in [5.41, 5.74) is 1.87. The lowest BCUT2D eigenvalue weighted by molar-refractivity contribution is 0.709. The van der Waals surface area contributed by atoms with Gasteiger partial charge < -0.3 is 4.57 Å². The van der Waals surface area contributed by atoms with Crippen LogP contribution in [0.1, 0.15) is 12.2 Å². The average molecular weight is 501 g/mol. The smallest absolute Gasteiger partial charge is 0.106 e. The van der Waals surface area contributed by atoms with Crippen molar-refractivity contribution >= 4 is 74.8 Å². The fraction of sp³-hybridized carbons (Fsp3) is 0.273. The molecule has 1 aromatic carbocycles. The molecule has 0 unspecified atom stereocenters. The fourth-order valence-electron chi connectivity index (χ4n) is 1.78. The predicted molar refractivity (Wildman–Crippen MR) is 85.5 cm³/mol. The summed E-state index contributed by atoms with van der Waals surface area (Å²) in [5.74, 6) is 0.895. The van der Waals surface area contributed by atoms with Crippen molar-refractivity contribution in [2.45, 2.75) is 19.9 Å². The number of halogens is 4. The van der Waals surface area contributed by atoms with Gasteiger partial charge in [-0.1, -0.05) is 0 Å². The minimum Gasteiger partial charge on any atom is -0.326 e. The first-order valence-corrected chi connectivity index (χ1v) is 8.22. The maximum atomic E-state index is 8.73. The van der Waals surface area contributed by atoms with E-state index in [1.54, 1.807) is 0 Å². The number of rotatable bonds is 2. The summed E-state index contributed by atoms with van der Waals surface area (Å²) < 4.78 is 5.74. The highest BCUT2D eigenvalue weighted by atomic mass is 79.9. The largest absolute Gasteiger partial charge is 0.326 e. The van der Waals surface area contributed by atoms with E-state index in [9.17, 15) is 0 Å². The lowest BCUT2D eigenvalue weighted by Crippen LogP contribution is -2.00. The molecule has 3 nitrogen and oxygen atoms in total. The van der Waals surface area contributed by atoms with Gasteiger partial charge in [-0.15, -0.1) is 0 Å². The zero-order chi connectivity index (χ0) is 13.4. The zero-order valence-corrected chi connectivity index (χ0v) is 15.6. The van der Waals surface area contributed by atoms with Crippen LogP contribution in [-0.4, -0.2) is 9.55 Å². The van der Waals surface area contributed by atoms with Gasteiger partial charge in [0.2, 0.25) is 0 Å². The number of hydrogen-bond donors (Lipinski definition) is 0. The Morgan fingerprint density at radius 1 is 1.11 bits per heavy atom. The molecule has 1 heterocycles. The van der Waals surface area contributed by atoms with Gasteiger partial charge in [-0.2, -0.15) is 5.26 Å². The Balaban J connectivity index is 2.82. The summed E-state index contributed by atoms with van der Waals surface area (Å²) in [6, 6.07) is 2.16. The molecule has 0 bridgehead atoms. The third-order valence-corrected chi connectivity index (χ3v) is 7.33. The van der Waals surface area contributed by atoms with Crippen LogP contribution in [0.15, 0.2) is 17.9 Å². The Bertz CT molecular complexity index is 669. The van der Waals surface area contributed by atoms with Crippen LogP contribution in [0.2, 0.25) is 0 Å². The summed E-state index contributed by atoms with van der Waals surface area (Å²) in [7, 11) is 0. The predicted octanol–water partition coefficient (Wildman–Crippen LogP) is 5.31. The molecule has 0 spiro atoms. The van der Waals surface area contributed by atoms with E-state index in [1.165, 1.54) is 0 Å². The lowest BCUT2D eigenvalue weighted by atomic mass is 10.3. The highest BCUT2D eigenvalue weighted by Gasteiger charge is 2.19. The lowest BCUT2D eigenvalue weighted by Gasteiger charge is -2.09. The third-order valence-electron chi connectivity index (χ3n) is 2.60. The van der Waals surface area contributed by atoms with Gasteiger partial charge in [-0.05, 0) is 70.6 Å². The second-order valence-electron chi connectivity index (χ2n) is 3.67. The number of nitriles is 1. The Hall–Kier alpha value is 0.1000. The number of benzene rings is 1. The van der Waals surface area contributed by atoms with Crippen molar-refractivity contribution in [1.82, 2.24) is 9.55 Å². The van der Waals surface area contributed by atoms with Gasteiger partial charge in [-0.3, -0.25) is 0 Å². The molecule has 7 heteroatoms. The minimum absolute atomic E-state index is 0.462. The quantitative estimate of drug-likeness (QED) is 0.414. The molecule has 0 radical (unpaired) electrons. The number of hydrogen-bond acceptors (Lipinski definition) is 2. The third kappa shape index (κ3) is 2.28. The van der Waals surface area contributed by atoms with Gasteiger partial charge in [0, 0.05) is 15.5 Å². The summed E-state index contributed by atoms with van der Waals surface area (Å²) in [6.45, 7) is 2.58. The Kier molecular flexibility index (Phi) is 4.52. The number of fused-ring (bicyclic) bond motifs is 1. The van der Waals surface area contributed by atoms with Gasteiger partial charge in [0.05, 0.1) is 27.0 Å². The molecule has 94 valence electrons. The SMILES string of the molecule is Cc1nc2c(Br)c(Br)c(Br)c(Br)c2n1CCC#N. The van der Waals surface area contributed by atoms with Crippen LogP contribution in [0.5, 0.6) is 0 Å². The molecule has 0 aliphatic carbocycles. The average Bonchev–Trinajstić information content (AvgIpc) is 2.68. The van der Waals surface area contributed by atoms with Crippen LogP contribution in [0.25, 0.3) is 11.0 Å². The minimum atomic E-state index is 0.462. The summed E-state index contributed by atoms with van der Waals surface area (Å²) in [6.07, 6.45) is 0.462. The van der Waals surface area contributed by atoms with E-state index in [2.05, 4.69) is 74.8 Å². The van der Waals surface area contributed by atoms with E-state index >= 15 is 0 Å². The van der Waals surface area contributed by atoms with Crippen LogP contribution in [0, 0.1) is 18.3 Å². The highest BCUT2D eigenvalue weighted by Crippen LogP contribution is 2.43. The molecule has 0 aliphatic heterocycles. The van der Waals surface area contributed by atoms with Crippen LogP contribution < -0.4 is 0 Å². The molecule has 0 saturated carbocycles. The van der Waals surface area contributed by atoms with Gasteiger partial charge in [-0.25, -0.2) is 4.98 Å².